The highest BCUT2D eigenvalue weighted by molar-refractivity contribution is 5.95. The van der Waals surface area contributed by atoms with Crippen LogP contribution in [0.25, 0.3) is 0 Å². The molecule has 1 unspecified atom stereocenters. The number of aryl methyl sites for hydroxylation is 1. The summed E-state index contributed by atoms with van der Waals surface area (Å²) in [5, 5.41) is 3.15. The maximum absolute atomic E-state index is 13.1. The van der Waals surface area contributed by atoms with Crippen molar-refractivity contribution in [3.8, 4) is 0 Å². The second-order valence-corrected chi connectivity index (χ2v) is 5.85. The fraction of sp³-hybridized carbons (Fsp3) is 0.588. The van der Waals surface area contributed by atoms with Crippen molar-refractivity contribution in [2.24, 2.45) is 5.92 Å². The smallest absolute Gasteiger partial charge is 0.251 e. The predicted molar refractivity (Wildman–Crippen MR) is 79.3 cm³/mol. The summed E-state index contributed by atoms with van der Waals surface area (Å²) in [5.74, 6) is 0.233. The van der Waals surface area contributed by atoms with E-state index < -0.39 is 0 Å². The molecule has 3 heteroatoms. The first kappa shape index (κ1) is 15.0. The summed E-state index contributed by atoms with van der Waals surface area (Å²) in [6, 6.07) is 4.58. The zero-order valence-electron chi connectivity index (χ0n) is 12.4. The SMILES string of the molecule is CCC(NC(=O)c1ccc(F)cc1C)C1CCCCC1. The Labute approximate surface area is 120 Å². The molecule has 1 amide bonds. The van der Waals surface area contributed by atoms with Crippen LogP contribution >= 0.6 is 0 Å². The van der Waals surface area contributed by atoms with Gasteiger partial charge in [-0.15, -0.1) is 0 Å². The third kappa shape index (κ3) is 3.59. The molecule has 1 aromatic rings. The third-order valence-electron chi connectivity index (χ3n) is 4.41. The molecule has 0 bridgehead atoms. The fourth-order valence-corrected chi connectivity index (χ4v) is 3.22. The topological polar surface area (TPSA) is 29.1 Å². The number of hydrogen-bond acceptors (Lipinski definition) is 1. The number of carbonyl (C=O) groups excluding carboxylic acids is 1. The average Bonchev–Trinajstić information content (AvgIpc) is 2.45. The quantitative estimate of drug-likeness (QED) is 0.877. The standard InChI is InChI=1S/C17H24FNO/c1-3-16(13-7-5-4-6-8-13)19-17(20)15-10-9-14(18)11-12(15)2/h9-11,13,16H,3-8H2,1-2H3,(H,19,20). The van der Waals surface area contributed by atoms with Crippen molar-refractivity contribution in [1.82, 2.24) is 5.32 Å². The zero-order valence-corrected chi connectivity index (χ0v) is 12.4. The highest BCUT2D eigenvalue weighted by Gasteiger charge is 2.24. The van der Waals surface area contributed by atoms with Gasteiger partial charge in [0.2, 0.25) is 0 Å². The number of benzene rings is 1. The molecule has 0 radical (unpaired) electrons. The van der Waals surface area contributed by atoms with Crippen LogP contribution in [0.15, 0.2) is 18.2 Å². The van der Waals surface area contributed by atoms with Crippen LogP contribution in [-0.2, 0) is 0 Å². The molecule has 1 fully saturated rings. The molecule has 0 aliphatic heterocycles. The van der Waals surface area contributed by atoms with Crippen LogP contribution < -0.4 is 5.32 Å². The van der Waals surface area contributed by atoms with Gasteiger partial charge in [0.25, 0.3) is 5.91 Å². The summed E-state index contributed by atoms with van der Waals surface area (Å²) in [6.45, 7) is 3.90. The van der Waals surface area contributed by atoms with E-state index in [1.165, 1.54) is 44.2 Å². The summed E-state index contributed by atoms with van der Waals surface area (Å²) in [7, 11) is 0. The fourth-order valence-electron chi connectivity index (χ4n) is 3.22. The molecule has 1 saturated carbocycles. The van der Waals surface area contributed by atoms with E-state index in [2.05, 4.69) is 12.2 Å². The van der Waals surface area contributed by atoms with Gasteiger partial charge in [0, 0.05) is 11.6 Å². The lowest BCUT2D eigenvalue weighted by Crippen LogP contribution is -2.40. The van der Waals surface area contributed by atoms with E-state index in [9.17, 15) is 9.18 Å². The van der Waals surface area contributed by atoms with E-state index in [-0.39, 0.29) is 17.8 Å². The highest BCUT2D eigenvalue weighted by atomic mass is 19.1. The van der Waals surface area contributed by atoms with Crippen molar-refractivity contribution < 1.29 is 9.18 Å². The van der Waals surface area contributed by atoms with E-state index in [1.807, 2.05) is 0 Å². The molecule has 0 spiro atoms. The molecular weight excluding hydrogens is 253 g/mol. The lowest BCUT2D eigenvalue weighted by atomic mass is 9.83. The Morgan fingerprint density at radius 3 is 2.65 bits per heavy atom. The van der Waals surface area contributed by atoms with Crippen molar-refractivity contribution in [2.45, 2.75) is 58.4 Å². The predicted octanol–water partition coefficient (Wildman–Crippen LogP) is 4.22. The van der Waals surface area contributed by atoms with Crippen molar-refractivity contribution >= 4 is 5.91 Å². The number of amides is 1. The average molecular weight is 277 g/mol. The van der Waals surface area contributed by atoms with Crippen molar-refractivity contribution in [3.05, 3.63) is 35.1 Å². The van der Waals surface area contributed by atoms with Gasteiger partial charge in [0.1, 0.15) is 5.82 Å². The van der Waals surface area contributed by atoms with E-state index in [0.717, 1.165) is 6.42 Å². The number of rotatable bonds is 4. The maximum Gasteiger partial charge on any atom is 0.251 e. The first-order valence-corrected chi connectivity index (χ1v) is 7.69. The van der Waals surface area contributed by atoms with Crippen molar-refractivity contribution in [2.75, 3.05) is 0 Å². The van der Waals surface area contributed by atoms with Crippen LogP contribution in [0.2, 0.25) is 0 Å². The second-order valence-electron chi connectivity index (χ2n) is 5.85. The molecule has 1 aliphatic carbocycles. The Morgan fingerprint density at radius 2 is 2.05 bits per heavy atom. The van der Waals surface area contributed by atoms with Gasteiger partial charge < -0.3 is 5.32 Å². The van der Waals surface area contributed by atoms with Crippen molar-refractivity contribution in [3.63, 3.8) is 0 Å². The normalized spacial score (nSPS) is 17.8. The summed E-state index contributed by atoms with van der Waals surface area (Å²) < 4.78 is 13.1. The van der Waals surface area contributed by atoms with Crippen LogP contribution in [0.5, 0.6) is 0 Å². The Bertz CT molecular complexity index is 466. The molecule has 1 aliphatic rings. The number of hydrogen-bond donors (Lipinski definition) is 1. The third-order valence-corrected chi connectivity index (χ3v) is 4.41. The number of nitrogens with one attached hydrogen (secondary N) is 1. The van der Waals surface area contributed by atoms with Gasteiger partial charge in [0.15, 0.2) is 0 Å². The van der Waals surface area contributed by atoms with Crippen LogP contribution in [0.3, 0.4) is 0 Å². The maximum atomic E-state index is 13.1. The van der Waals surface area contributed by atoms with Crippen LogP contribution in [-0.4, -0.2) is 11.9 Å². The Balaban J connectivity index is 2.04. The summed E-state index contributed by atoms with van der Waals surface area (Å²) >= 11 is 0. The molecule has 2 nitrogen and oxygen atoms in total. The Morgan fingerprint density at radius 1 is 1.35 bits per heavy atom. The summed E-state index contributed by atoms with van der Waals surface area (Å²) in [6.07, 6.45) is 7.23. The van der Waals surface area contributed by atoms with Crippen molar-refractivity contribution in [1.29, 1.82) is 0 Å². The Kier molecular flexibility index (Phi) is 5.16. The van der Waals surface area contributed by atoms with Gasteiger partial charge >= 0.3 is 0 Å². The second kappa shape index (κ2) is 6.87. The Hall–Kier alpha value is -1.38. The monoisotopic (exact) mass is 277 g/mol. The molecule has 1 atom stereocenters. The lowest BCUT2D eigenvalue weighted by Gasteiger charge is -2.30. The number of carbonyl (C=O) groups is 1. The number of halogens is 1. The van der Waals surface area contributed by atoms with Crippen LogP contribution in [0, 0.1) is 18.7 Å². The molecular formula is C17H24FNO. The molecule has 110 valence electrons. The largest absolute Gasteiger partial charge is 0.349 e. The van der Waals surface area contributed by atoms with Gasteiger partial charge in [-0.1, -0.05) is 26.2 Å². The van der Waals surface area contributed by atoms with Gasteiger partial charge in [-0.3, -0.25) is 4.79 Å². The van der Waals surface area contributed by atoms with E-state index in [1.54, 1.807) is 13.0 Å². The molecule has 20 heavy (non-hydrogen) atoms. The lowest BCUT2D eigenvalue weighted by molar-refractivity contribution is 0.0910. The molecule has 0 heterocycles. The minimum Gasteiger partial charge on any atom is -0.349 e. The summed E-state index contributed by atoms with van der Waals surface area (Å²) in [4.78, 5) is 12.4. The first-order valence-electron chi connectivity index (χ1n) is 7.69. The molecule has 1 aromatic carbocycles. The molecule has 2 rings (SSSR count). The zero-order chi connectivity index (χ0) is 14.5. The first-order chi connectivity index (χ1) is 9.61. The minimum absolute atomic E-state index is 0.0695. The highest BCUT2D eigenvalue weighted by Crippen LogP contribution is 2.28. The molecule has 0 aromatic heterocycles. The summed E-state index contributed by atoms with van der Waals surface area (Å²) in [5.41, 5.74) is 1.28. The van der Waals surface area contributed by atoms with Crippen LogP contribution in [0.1, 0.15) is 61.4 Å². The molecule has 1 N–H and O–H groups in total. The van der Waals surface area contributed by atoms with E-state index in [4.69, 9.17) is 0 Å². The minimum atomic E-state index is -0.293. The van der Waals surface area contributed by atoms with Crippen LogP contribution in [0.4, 0.5) is 4.39 Å². The molecule has 0 saturated heterocycles. The van der Waals surface area contributed by atoms with Gasteiger partial charge in [-0.2, -0.15) is 0 Å². The van der Waals surface area contributed by atoms with Gasteiger partial charge in [0.05, 0.1) is 0 Å². The van der Waals surface area contributed by atoms with Gasteiger partial charge in [-0.05, 0) is 55.9 Å². The van der Waals surface area contributed by atoms with Gasteiger partial charge in [-0.25, -0.2) is 4.39 Å². The van der Waals surface area contributed by atoms with E-state index in [0.29, 0.717) is 17.0 Å². The van der Waals surface area contributed by atoms with E-state index >= 15 is 0 Å².